The maximum atomic E-state index is 6.44. The van der Waals surface area contributed by atoms with E-state index in [9.17, 15) is 0 Å². The van der Waals surface area contributed by atoms with Crippen LogP contribution in [0.1, 0.15) is 0 Å². The maximum absolute atomic E-state index is 6.44. The van der Waals surface area contributed by atoms with Gasteiger partial charge in [-0.3, -0.25) is 0 Å². The van der Waals surface area contributed by atoms with Crippen LogP contribution in [-0.2, 0) is 0 Å². The Hall–Kier alpha value is -8.14. The van der Waals surface area contributed by atoms with E-state index in [0.717, 1.165) is 50.3 Å². The highest BCUT2D eigenvalue weighted by Gasteiger charge is 2.21. The molecule has 12 rings (SSSR count). The fourth-order valence-electron chi connectivity index (χ4n) is 9.38. The number of aromatic nitrogens is 1. The molecule has 9 aromatic carbocycles. The molecule has 0 saturated heterocycles. The third kappa shape index (κ3) is 5.82. The van der Waals surface area contributed by atoms with Crippen molar-refractivity contribution in [1.82, 2.24) is 4.40 Å². The molecule has 3 nitrogen and oxygen atoms in total. The van der Waals surface area contributed by atoms with Crippen molar-refractivity contribution in [3.63, 3.8) is 0 Å². The molecule has 3 aromatic heterocycles. The molecule has 0 saturated carbocycles. The van der Waals surface area contributed by atoms with Crippen LogP contribution in [0, 0.1) is 0 Å². The van der Waals surface area contributed by atoms with E-state index >= 15 is 0 Å². The summed E-state index contributed by atoms with van der Waals surface area (Å²) in [6.07, 6.45) is 0. The second-order valence-electron chi connectivity index (χ2n) is 15.7. The lowest BCUT2D eigenvalue weighted by Gasteiger charge is -2.26. The molecule has 0 fully saturated rings. The van der Waals surface area contributed by atoms with Gasteiger partial charge in [-0.05, 0) is 93.4 Å². The van der Waals surface area contributed by atoms with Crippen molar-refractivity contribution >= 4 is 66.2 Å². The summed E-state index contributed by atoms with van der Waals surface area (Å²) in [5.41, 5.74) is 16.8. The molecule has 0 unspecified atom stereocenters. The smallest absolute Gasteiger partial charge is 0.137 e. The number of para-hydroxylation sites is 2. The Bertz CT molecular complexity index is 3560. The highest BCUT2D eigenvalue weighted by atomic mass is 16.3. The van der Waals surface area contributed by atoms with E-state index in [4.69, 9.17) is 4.42 Å². The molecule has 0 spiro atoms. The van der Waals surface area contributed by atoms with Crippen LogP contribution in [0.4, 0.5) is 17.1 Å². The van der Waals surface area contributed by atoms with Crippen molar-refractivity contribution in [3.8, 4) is 44.6 Å². The fourth-order valence-corrected chi connectivity index (χ4v) is 9.38. The average molecular weight is 779 g/mol. The molecule has 61 heavy (non-hydrogen) atoms. The fraction of sp³-hybridized carbons (Fsp3) is 0. The summed E-state index contributed by atoms with van der Waals surface area (Å²) in [6, 6.07) is 82.8. The van der Waals surface area contributed by atoms with Crippen LogP contribution in [0.2, 0.25) is 0 Å². The number of pyridine rings is 1. The molecule has 0 bridgehead atoms. The number of anilines is 3. The van der Waals surface area contributed by atoms with E-state index in [1.165, 1.54) is 60.6 Å². The third-order valence-electron chi connectivity index (χ3n) is 12.2. The molecular formula is C58H38N2O. The van der Waals surface area contributed by atoms with Crippen LogP contribution in [0.25, 0.3) is 93.8 Å². The molecule has 0 amide bonds. The second-order valence-corrected chi connectivity index (χ2v) is 15.7. The van der Waals surface area contributed by atoms with Gasteiger partial charge >= 0.3 is 0 Å². The van der Waals surface area contributed by atoms with Gasteiger partial charge in [-0.1, -0.05) is 170 Å². The first-order chi connectivity index (χ1) is 30.3. The largest absolute Gasteiger partial charge is 0.456 e. The van der Waals surface area contributed by atoms with Gasteiger partial charge in [-0.15, -0.1) is 0 Å². The van der Waals surface area contributed by atoms with Crippen molar-refractivity contribution in [2.24, 2.45) is 0 Å². The molecule has 286 valence electrons. The summed E-state index contributed by atoms with van der Waals surface area (Å²) < 4.78 is 8.91. The molecule has 0 aliphatic carbocycles. The van der Waals surface area contributed by atoms with E-state index in [-0.39, 0.29) is 0 Å². The Balaban J connectivity index is 1.02. The summed E-state index contributed by atoms with van der Waals surface area (Å²) in [4.78, 5) is 2.33. The SMILES string of the molecule is c1ccc(-c2ccccc2-c2ccc(N(c3ccc(-c4cc5ccccc5c5c(-c6ccccc6)c6ccccc6n45)cc3)c3ccc4c(c3)oc3ccccc34)cc2)cc1. The number of furan rings is 1. The molecule has 3 heterocycles. The lowest BCUT2D eigenvalue weighted by atomic mass is 9.94. The zero-order chi connectivity index (χ0) is 40.3. The second kappa shape index (κ2) is 14.3. The first kappa shape index (κ1) is 34.9. The predicted octanol–water partition coefficient (Wildman–Crippen LogP) is 16.3. The van der Waals surface area contributed by atoms with Gasteiger partial charge in [-0.2, -0.15) is 0 Å². The molecule has 12 aromatic rings. The lowest BCUT2D eigenvalue weighted by Crippen LogP contribution is -2.09. The van der Waals surface area contributed by atoms with Crippen molar-refractivity contribution < 1.29 is 4.42 Å². The Morgan fingerprint density at radius 3 is 1.59 bits per heavy atom. The molecule has 3 heteroatoms. The van der Waals surface area contributed by atoms with Gasteiger partial charge in [0, 0.05) is 50.2 Å². The van der Waals surface area contributed by atoms with Crippen LogP contribution < -0.4 is 4.90 Å². The number of rotatable bonds is 7. The Labute approximate surface area is 353 Å². The molecular weight excluding hydrogens is 741 g/mol. The summed E-state index contributed by atoms with van der Waals surface area (Å²) in [5, 5.41) is 5.92. The van der Waals surface area contributed by atoms with Gasteiger partial charge in [-0.25, -0.2) is 0 Å². The average Bonchev–Trinajstić information content (AvgIpc) is 3.89. The van der Waals surface area contributed by atoms with Crippen molar-refractivity contribution in [2.45, 2.75) is 0 Å². The van der Waals surface area contributed by atoms with E-state index in [1.54, 1.807) is 0 Å². The molecule has 0 aliphatic rings. The van der Waals surface area contributed by atoms with Gasteiger partial charge in [0.25, 0.3) is 0 Å². The van der Waals surface area contributed by atoms with E-state index in [0.29, 0.717) is 0 Å². The number of hydrogen-bond acceptors (Lipinski definition) is 2. The van der Waals surface area contributed by atoms with Crippen LogP contribution >= 0.6 is 0 Å². The third-order valence-corrected chi connectivity index (χ3v) is 12.2. The molecule has 0 radical (unpaired) electrons. The van der Waals surface area contributed by atoms with E-state index in [2.05, 4.69) is 228 Å². The van der Waals surface area contributed by atoms with Crippen LogP contribution in [-0.4, -0.2) is 4.40 Å². The van der Waals surface area contributed by atoms with E-state index < -0.39 is 0 Å². The Morgan fingerprint density at radius 1 is 0.344 bits per heavy atom. The van der Waals surface area contributed by atoms with Gasteiger partial charge in [0.15, 0.2) is 0 Å². The highest BCUT2D eigenvalue weighted by molar-refractivity contribution is 6.16. The number of benzene rings is 9. The summed E-state index contributed by atoms with van der Waals surface area (Å²) >= 11 is 0. The molecule has 0 atom stereocenters. The van der Waals surface area contributed by atoms with Crippen LogP contribution in [0.15, 0.2) is 235 Å². The first-order valence-electron chi connectivity index (χ1n) is 20.8. The zero-order valence-electron chi connectivity index (χ0n) is 33.2. The Kier molecular flexibility index (Phi) is 8.17. The monoisotopic (exact) mass is 778 g/mol. The minimum atomic E-state index is 0.862. The standard InChI is InChI=1S/C58H38N2O/c1-3-15-39(16-4-1)47-20-9-10-21-48(47)40-27-31-44(32-28-40)59(46-35-36-51-50-23-12-14-26-55(50)61-56(51)38-46)45-33-29-41(30-34-45)54-37-43-19-7-8-22-49(43)58-57(42-17-5-2-6-18-42)52-24-11-13-25-53(52)60(54)58/h1-38H. The summed E-state index contributed by atoms with van der Waals surface area (Å²) in [5.74, 6) is 0. The summed E-state index contributed by atoms with van der Waals surface area (Å²) in [7, 11) is 0. The quantitative estimate of drug-likeness (QED) is 0.161. The topological polar surface area (TPSA) is 20.8 Å². The molecule has 0 N–H and O–H groups in total. The number of hydrogen-bond donors (Lipinski definition) is 0. The highest BCUT2D eigenvalue weighted by Crippen LogP contribution is 2.44. The molecule has 0 aliphatic heterocycles. The van der Waals surface area contributed by atoms with Crippen molar-refractivity contribution in [3.05, 3.63) is 231 Å². The van der Waals surface area contributed by atoms with Gasteiger partial charge in [0.05, 0.1) is 16.7 Å². The number of fused-ring (bicyclic) bond motifs is 8. The van der Waals surface area contributed by atoms with Crippen LogP contribution in [0.3, 0.4) is 0 Å². The normalized spacial score (nSPS) is 11.6. The van der Waals surface area contributed by atoms with Gasteiger partial charge in [0.1, 0.15) is 11.2 Å². The zero-order valence-corrected chi connectivity index (χ0v) is 33.2. The number of nitrogens with zero attached hydrogens (tertiary/aromatic N) is 2. The van der Waals surface area contributed by atoms with E-state index in [1.807, 2.05) is 12.1 Å². The van der Waals surface area contributed by atoms with Crippen molar-refractivity contribution in [1.29, 1.82) is 0 Å². The summed E-state index contributed by atoms with van der Waals surface area (Å²) in [6.45, 7) is 0. The maximum Gasteiger partial charge on any atom is 0.137 e. The van der Waals surface area contributed by atoms with Crippen molar-refractivity contribution in [2.75, 3.05) is 4.90 Å². The van der Waals surface area contributed by atoms with Gasteiger partial charge < -0.3 is 13.7 Å². The minimum Gasteiger partial charge on any atom is -0.456 e. The first-order valence-corrected chi connectivity index (χ1v) is 20.8. The Morgan fingerprint density at radius 2 is 0.869 bits per heavy atom. The van der Waals surface area contributed by atoms with Crippen LogP contribution in [0.5, 0.6) is 0 Å². The minimum absolute atomic E-state index is 0.862. The lowest BCUT2D eigenvalue weighted by molar-refractivity contribution is 0.669. The van der Waals surface area contributed by atoms with Gasteiger partial charge in [0.2, 0.25) is 0 Å². The predicted molar refractivity (Wildman–Crippen MR) is 256 cm³/mol.